The predicted molar refractivity (Wildman–Crippen MR) is 40.9 cm³/mol. The minimum Gasteiger partial charge on any atom is -0.366 e. The summed E-state index contributed by atoms with van der Waals surface area (Å²) in [5.74, 6) is 0.902. The molecule has 0 bridgehead atoms. The first-order chi connectivity index (χ1) is 4.77. The highest BCUT2D eigenvalue weighted by Crippen LogP contribution is 2.51. The van der Waals surface area contributed by atoms with Gasteiger partial charge in [0.25, 0.3) is 0 Å². The fourth-order valence-corrected chi connectivity index (χ4v) is 2.33. The molecule has 0 aromatic carbocycles. The van der Waals surface area contributed by atoms with Crippen LogP contribution in [0.25, 0.3) is 0 Å². The molecule has 0 aromatic heterocycles. The van der Waals surface area contributed by atoms with Crippen molar-refractivity contribution in [2.45, 2.75) is 51.2 Å². The van der Waals surface area contributed by atoms with E-state index in [4.69, 9.17) is 4.74 Å². The van der Waals surface area contributed by atoms with Crippen molar-refractivity contribution >= 4 is 0 Å². The maximum Gasteiger partial charge on any atom is 0.0948 e. The van der Waals surface area contributed by atoms with Gasteiger partial charge in [0.1, 0.15) is 0 Å². The van der Waals surface area contributed by atoms with Crippen LogP contribution >= 0.6 is 0 Å². The third-order valence-corrected chi connectivity index (χ3v) is 3.12. The molecular formula is C9H16O. The molecule has 2 fully saturated rings. The second kappa shape index (κ2) is 1.97. The van der Waals surface area contributed by atoms with E-state index < -0.39 is 0 Å². The third kappa shape index (κ3) is 0.800. The summed E-state index contributed by atoms with van der Waals surface area (Å²) in [6.07, 6.45) is 5.88. The molecule has 0 spiro atoms. The van der Waals surface area contributed by atoms with Crippen LogP contribution in [0.5, 0.6) is 0 Å². The van der Waals surface area contributed by atoms with Crippen molar-refractivity contribution in [1.82, 2.24) is 0 Å². The second-order valence-corrected chi connectivity index (χ2v) is 3.91. The first-order valence-electron chi connectivity index (χ1n) is 4.44. The Hall–Kier alpha value is -0.0400. The van der Waals surface area contributed by atoms with E-state index in [2.05, 4.69) is 13.8 Å². The van der Waals surface area contributed by atoms with E-state index in [1.807, 2.05) is 0 Å². The Morgan fingerprint density at radius 1 is 1.50 bits per heavy atom. The molecule has 1 heteroatoms. The molecule has 0 N–H and O–H groups in total. The number of epoxide rings is 1. The summed E-state index contributed by atoms with van der Waals surface area (Å²) in [6.45, 7) is 4.59. The molecule has 10 heavy (non-hydrogen) atoms. The normalized spacial score (nSPS) is 52.2. The Morgan fingerprint density at radius 3 is 2.90 bits per heavy atom. The predicted octanol–water partition coefficient (Wildman–Crippen LogP) is 2.35. The van der Waals surface area contributed by atoms with Gasteiger partial charge in [-0.15, -0.1) is 0 Å². The average molecular weight is 140 g/mol. The van der Waals surface area contributed by atoms with Crippen molar-refractivity contribution in [3.05, 3.63) is 0 Å². The van der Waals surface area contributed by atoms with Crippen LogP contribution in [-0.2, 0) is 4.74 Å². The van der Waals surface area contributed by atoms with Crippen LogP contribution in [0.3, 0.4) is 0 Å². The van der Waals surface area contributed by atoms with Crippen LogP contribution in [0.15, 0.2) is 0 Å². The standard InChI is InChI=1S/C9H16O/c1-3-9-6-7(2)4-5-8(9)10-9/h7-8H,3-6H2,1-2H3. The van der Waals surface area contributed by atoms with Crippen LogP contribution in [-0.4, -0.2) is 11.7 Å². The molecule has 2 aliphatic rings. The van der Waals surface area contributed by atoms with E-state index in [1.165, 1.54) is 25.7 Å². The summed E-state index contributed by atoms with van der Waals surface area (Å²) >= 11 is 0. The Morgan fingerprint density at radius 2 is 2.30 bits per heavy atom. The van der Waals surface area contributed by atoms with Gasteiger partial charge in [0.05, 0.1) is 11.7 Å². The van der Waals surface area contributed by atoms with Gasteiger partial charge in [0.15, 0.2) is 0 Å². The summed E-state index contributed by atoms with van der Waals surface area (Å²) in [7, 11) is 0. The van der Waals surface area contributed by atoms with Crippen molar-refractivity contribution < 1.29 is 4.74 Å². The van der Waals surface area contributed by atoms with Gasteiger partial charge in [-0.2, -0.15) is 0 Å². The lowest BCUT2D eigenvalue weighted by atomic mass is 9.81. The van der Waals surface area contributed by atoms with Gasteiger partial charge >= 0.3 is 0 Å². The Kier molecular flexibility index (Phi) is 1.31. The largest absolute Gasteiger partial charge is 0.366 e. The Balaban J connectivity index is 2.02. The summed E-state index contributed by atoms with van der Waals surface area (Å²) < 4.78 is 5.68. The van der Waals surface area contributed by atoms with Gasteiger partial charge in [0.2, 0.25) is 0 Å². The van der Waals surface area contributed by atoms with Gasteiger partial charge in [-0.25, -0.2) is 0 Å². The highest BCUT2D eigenvalue weighted by molar-refractivity contribution is 5.05. The zero-order chi connectivity index (χ0) is 7.19. The molecule has 0 amide bonds. The van der Waals surface area contributed by atoms with E-state index in [0.717, 1.165) is 5.92 Å². The van der Waals surface area contributed by atoms with E-state index in [9.17, 15) is 0 Å². The topological polar surface area (TPSA) is 12.5 Å². The molecule has 58 valence electrons. The number of fused-ring (bicyclic) bond motifs is 1. The smallest absolute Gasteiger partial charge is 0.0948 e. The molecule has 0 radical (unpaired) electrons. The summed E-state index contributed by atoms with van der Waals surface area (Å²) in [6, 6.07) is 0. The van der Waals surface area contributed by atoms with E-state index in [-0.39, 0.29) is 0 Å². The fraction of sp³-hybridized carbons (Fsp3) is 1.00. The second-order valence-electron chi connectivity index (χ2n) is 3.91. The van der Waals surface area contributed by atoms with Gasteiger partial charge in [0, 0.05) is 0 Å². The highest BCUT2D eigenvalue weighted by Gasteiger charge is 2.56. The lowest BCUT2D eigenvalue weighted by molar-refractivity contribution is 0.255. The molecule has 3 unspecified atom stereocenters. The number of rotatable bonds is 1. The van der Waals surface area contributed by atoms with Crippen LogP contribution < -0.4 is 0 Å². The third-order valence-electron chi connectivity index (χ3n) is 3.12. The lowest BCUT2D eigenvalue weighted by Crippen LogP contribution is -2.22. The SMILES string of the molecule is CCC12CC(C)CCC1O2. The van der Waals surface area contributed by atoms with Crippen LogP contribution in [0.2, 0.25) is 0 Å². The summed E-state index contributed by atoms with van der Waals surface area (Å²) in [4.78, 5) is 0. The molecule has 1 saturated heterocycles. The first kappa shape index (κ1) is 6.66. The monoisotopic (exact) mass is 140 g/mol. The van der Waals surface area contributed by atoms with Crippen LogP contribution in [0, 0.1) is 5.92 Å². The molecule has 1 aliphatic heterocycles. The molecule has 1 aliphatic carbocycles. The number of ether oxygens (including phenoxy) is 1. The molecular weight excluding hydrogens is 124 g/mol. The number of hydrogen-bond acceptors (Lipinski definition) is 1. The van der Waals surface area contributed by atoms with Crippen LogP contribution in [0.1, 0.15) is 39.5 Å². The van der Waals surface area contributed by atoms with Gasteiger partial charge in [-0.1, -0.05) is 13.8 Å². The maximum atomic E-state index is 5.68. The van der Waals surface area contributed by atoms with E-state index in [1.54, 1.807) is 0 Å². The highest BCUT2D eigenvalue weighted by atomic mass is 16.6. The molecule has 1 saturated carbocycles. The van der Waals surface area contributed by atoms with Crippen LogP contribution in [0.4, 0.5) is 0 Å². The average Bonchev–Trinajstić information content (AvgIpc) is 2.62. The van der Waals surface area contributed by atoms with Crippen molar-refractivity contribution in [3.63, 3.8) is 0 Å². The molecule has 1 nitrogen and oxygen atoms in total. The fourth-order valence-electron chi connectivity index (χ4n) is 2.33. The molecule has 1 heterocycles. The maximum absolute atomic E-state index is 5.68. The quantitative estimate of drug-likeness (QED) is 0.509. The minimum atomic E-state index is 0.359. The van der Waals surface area contributed by atoms with Crippen molar-refractivity contribution in [2.75, 3.05) is 0 Å². The minimum absolute atomic E-state index is 0.359. The van der Waals surface area contributed by atoms with Crippen molar-refractivity contribution in [3.8, 4) is 0 Å². The summed E-state index contributed by atoms with van der Waals surface area (Å²) in [5.41, 5.74) is 0.359. The van der Waals surface area contributed by atoms with Gasteiger partial charge < -0.3 is 4.74 Å². The lowest BCUT2D eigenvalue weighted by Gasteiger charge is -2.20. The first-order valence-corrected chi connectivity index (χ1v) is 4.44. The molecule has 0 aromatic rings. The zero-order valence-electron chi connectivity index (χ0n) is 6.89. The molecule has 2 rings (SSSR count). The van der Waals surface area contributed by atoms with Gasteiger partial charge in [-0.05, 0) is 31.6 Å². The molecule has 3 atom stereocenters. The number of hydrogen-bond donors (Lipinski definition) is 0. The summed E-state index contributed by atoms with van der Waals surface area (Å²) in [5, 5.41) is 0. The Labute approximate surface area is 62.8 Å². The van der Waals surface area contributed by atoms with Crippen molar-refractivity contribution in [2.24, 2.45) is 5.92 Å². The van der Waals surface area contributed by atoms with E-state index >= 15 is 0 Å². The Bertz CT molecular complexity index is 142. The zero-order valence-corrected chi connectivity index (χ0v) is 6.89. The van der Waals surface area contributed by atoms with Crippen molar-refractivity contribution in [1.29, 1.82) is 0 Å². The van der Waals surface area contributed by atoms with Gasteiger partial charge in [-0.3, -0.25) is 0 Å². The van der Waals surface area contributed by atoms with E-state index in [0.29, 0.717) is 11.7 Å².